The maximum Gasteiger partial charge on any atom is 1.00 e. The zero-order valence-corrected chi connectivity index (χ0v) is 25.3. The molecule has 0 aliphatic carbocycles. The number of nitrogens with zero attached hydrogens (tertiary/aromatic N) is 1. The van der Waals surface area contributed by atoms with Crippen LogP contribution < -0.4 is 56.5 Å². The SMILES string of the molecule is CCOC(=O)C(C(=O)CCl)C(C(=O)c1ccccc1)c1c([O-])n(C(=O)OC(C)(C)C)c2ccccc12.[K+]. The number of hydrogen-bond donors (Lipinski definition) is 0. The summed E-state index contributed by atoms with van der Waals surface area (Å²) in [4.78, 5) is 52.9. The molecule has 190 valence electrons. The molecule has 0 N–H and O–H groups in total. The number of rotatable bonds is 8. The first-order chi connectivity index (χ1) is 17.0. The third-order valence-corrected chi connectivity index (χ3v) is 5.71. The number of carbonyl (C=O) groups excluding carboxylic acids is 4. The van der Waals surface area contributed by atoms with Crippen LogP contribution in [0.3, 0.4) is 0 Å². The van der Waals surface area contributed by atoms with Gasteiger partial charge in [-0.15, -0.1) is 11.6 Å². The van der Waals surface area contributed by atoms with Crippen molar-refractivity contribution in [2.24, 2.45) is 5.92 Å². The average Bonchev–Trinajstić information content (AvgIpc) is 3.12. The second-order valence-electron chi connectivity index (χ2n) is 9.09. The Morgan fingerprint density at radius 3 is 2.16 bits per heavy atom. The van der Waals surface area contributed by atoms with Crippen molar-refractivity contribution in [2.75, 3.05) is 12.5 Å². The van der Waals surface area contributed by atoms with E-state index in [1.807, 2.05) is 0 Å². The molecule has 0 bridgehead atoms. The van der Waals surface area contributed by atoms with Crippen LogP contribution >= 0.6 is 11.6 Å². The number of Topliss-reactive ketones (excluding diaryl/α,β-unsaturated/α-hetero) is 2. The van der Waals surface area contributed by atoms with E-state index < -0.39 is 52.8 Å². The molecule has 1 aromatic heterocycles. The Labute approximate surface area is 262 Å². The summed E-state index contributed by atoms with van der Waals surface area (Å²) in [5, 5.41) is 14.0. The van der Waals surface area contributed by atoms with Gasteiger partial charge in [0.05, 0.1) is 23.9 Å². The number of alkyl halides is 1. The second-order valence-corrected chi connectivity index (χ2v) is 9.36. The van der Waals surface area contributed by atoms with Crippen molar-refractivity contribution in [2.45, 2.75) is 39.2 Å². The van der Waals surface area contributed by atoms with Gasteiger partial charge in [0.25, 0.3) is 0 Å². The first-order valence-corrected chi connectivity index (χ1v) is 11.9. The zero-order valence-electron chi connectivity index (χ0n) is 21.4. The van der Waals surface area contributed by atoms with E-state index in [1.165, 1.54) is 18.2 Å². The molecule has 2 atom stereocenters. The molecule has 2 aromatic carbocycles. The van der Waals surface area contributed by atoms with Crippen molar-refractivity contribution in [3.05, 3.63) is 65.7 Å². The van der Waals surface area contributed by atoms with Gasteiger partial charge >= 0.3 is 63.4 Å². The summed E-state index contributed by atoms with van der Waals surface area (Å²) in [6, 6.07) is 14.3. The predicted molar refractivity (Wildman–Crippen MR) is 132 cm³/mol. The van der Waals surface area contributed by atoms with Crippen LogP contribution in [0.4, 0.5) is 4.79 Å². The van der Waals surface area contributed by atoms with Crippen LogP contribution in [-0.2, 0) is 19.1 Å². The maximum absolute atomic E-state index is 13.9. The number of ether oxygens (including phenoxy) is 2. The van der Waals surface area contributed by atoms with Crippen molar-refractivity contribution >= 4 is 46.1 Å². The number of halogens is 1. The fourth-order valence-electron chi connectivity index (χ4n) is 4.03. The molecular formula is C27H27ClKNO7. The summed E-state index contributed by atoms with van der Waals surface area (Å²) in [6.45, 7) is 6.46. The average molecular weight is 552 g/mol. The van der Waals surface area contributed by atoms with Crippen molar-refractivity contribution in [3.8, 4) is 5.88 Å². The Morgan fingerprint density at radius 1 is 1.00 bits per heavy atom. The maximum atomic E-state index is 13.9. The number of ketones is 2. The van der Waals surface area contributed by atoms with Crippen molar-refractivity contribution in [1.29, 1.82) is 0 Å². The molecule has 0 saturated heterocycles. The van der Waals surface area contributed by atoms with E-state index in [0.717, 1.165) is 4.57 Å². The summed E-state index contributed by atoms with van der Waals surface area (Å²) in [7, 11) is 0. The van der Waals surface area contributed by atoms with Gasteiger partial charge in [-0.25, -0.2) is 4.79 Å². The van der Waals surface area contributed by atoms with E-state index in [0.29, 0.717) is 0 Å². The van der Waals surface area contributed by atoms with Crippen molar-refractivity contribution < 1.29 is 85.1 Å². The number of esters is 1. The van der Waals surface area contributed by atoms with E-state index >= 15 is 0 Å². The molecule has 0 amide bonds. The number of aromatic nitrogens is 1. The van der Waals surface area contributed by atoms with Crippen LogP contribution in [0.1, 0.15) is 49.5 Å². The fourth-order valence-corrected chi connectivity index (χ4v) is 4.20. The summed E-state index contributed by atoms with van der Waals surface area (Å²) < 4.78 is 11.4. The minimum Gasteiger partial charge on any atom is -0.859 e. The van der Waals surface area contributed by atoms with E-state index in [-0.39, 0.29) is 80.0 Å². The van der Waals surface area contributed by atoms with Crippen molar-refractivity contribution in [1.82, 2.24) is 4.57 Å². The van der Waals surface area contributed by atoms with E-state index in [9.17, 15) is 24.3 Å². The van der Waals surface area contributed by atoms with E-state index in [2.05, 4.69) is 0 Å². The minimum atomic E-state index is -1.69. The Hall–Kier alpha value is -2.01. The molecule has 2 unspecified atom stereocenters. The third-order valence-electron chi connectivity index (χ3n) is 5.45. The standard InChI is InChI=1S/C27H28ClNO7.K/c1-5-35-25(33)21(19(30)15-28)22(23(31)16-11-7-6-8-12-16)20-17-13-9-10-14-18(17)29(24(20)32)26(34)36-27(2,3)4;/h6-14,21-22,32H,5,15H2,1-4H3;/q;+1/p-1. The normalized spacial score (nSPS) is 12.8. The summed E-state index contributed by atoms with van der Waals surface area (Å²) in [5.41, 5.74) is -0.732. The van der Waals surface area contributed by atoms with Crippen LogP contribution in [0.2, 0.25) is 0 Å². The molecule has 0 aliphatic rings. The summed E-state index contributed by atoms with van der Waals surface area (Å²) >= 11 is 5.83. The first-order valence-electron chi connectivity index (χ1n) is 11.4. The monoisotopic (exact) mass is 551 g/mol. The predicted octanol–water partition coefficient (Wildman–Crippen LogP) is 1.46. The number of carbonyl (C=O) groups is 4. The van der Waals surface area contributed by atoms with Gasteiger partial charge in [0, 0.05) is 10.9 Å². The Morgan fingerprint density at radius 2 is 1.59 bits per heavy atom. The van der Waals surface area contributed by atoms with Gasteiger partial charge in [-0.2, -0.15) is 0 Å². The number of benzene rings is 2. The van der Waals surface area contributed by atoms with Gasteiger partial charge in [-0.3, -0.25) is 19.0 Å². The molecule has 37 heavy (non-hydrogen) atoms. The van der Waals surface area contributed by atoms with Crippen molar-refractivity contribution in [3.63, 3.8) is 0 Å². The Balaban J connectivity index is 0.00000481. The minimum absolute atomic E-state index is 0. The topological polar surface area (TPSA) is 115 Å². The number of fused-ring (bicyclic) bond motifs is 1. The van der Waals surface area contributed by atoms with Gasteiger partial charge in [0.15, 0.2) is 11.6 Å². The quantitative estimate of drug-likeness (QED) is 0.137. The molecular weight excluding hydrogens is 525 g/mol. The van der Waals surface area contributed by atoms with Crippen LogP contribution in [0.25, 0.3) is 10.9 Å². The van der Waals surface area contributed by atoms with Crippen LogP contribution in [0.15, 0.2) is 54.6 Å². The molecule has 10 heteroatoms. The van der Waals surface area contributed by atoms with E-state index in [1.54, 1.807) is 64.1 Å². The van der Waals surface area contributed by atoms with Gasteiger partial charge in [-0.1, -0.05) is 48.5 Å². The Kier molecular flexibility index (Phi) is 11.1. The molecule has 3 aromatic rings. The molecule has 0 radical (unpaired) electrons. The first kappa shape index (κ1) is 31.2. The fraction of sp³-hybridized carbons (Fsp3) is 0.333. The number of para-hydroxylation sites is 1. The largest absolute Gasteiger partial charge is 1.00 e. The summed E-state index contributed by atoms with van der Waals surface area (Å²) in [6.07, 6.45) is -0.947. The number of hydrogen-bond acceptors (Lipinski definition) is 7. The molecule has 3 rings (SSSR count). The van der Waals surface area contributed by atoms with Gasteiger partial charge in [-0.05, 0) is 45.2 Å². The zero-order chi connectivity index (χ0) is 26.6. The van der Waals surface area contributed by atoms with Gasteiger partial charge < -0.3 is 14.6 Å². The van der Waals surface area contributed by atoms with Crippen LogP contribution in [0.5, 0.6) is 5.88 Å². The van der Waals surface area contributed by atoms with Gasteiger partial charge in [0.1, 0.15) is 11.5 Å². The summed E-state index contributed by atoms with van der Waals surface area (Å²) in [5.74, 6) is -7.14. The second kappa shape index (κ2) is 13.2. The smallest absolute Gasteiger partial charge is 0.859 e. The third kappa shape index (κ3) is 6.90. The Bertz CT molecular complexity index is 1300. The van der Waals surface area contributed by atoms with E-state index in [4.69, 9.17) is 21.1 Å². The molecule has 0 saturated carbocycles. The molecule has 1 heterocycles. The molecule has 8 nitrogen and oxygen atoms in total. The van der Waals surface area contributed by atoms with Crippen LogP contribution in [-0.4, -0.2) is 46.3 Å². The molecule has 0 aliphatic heterocycles. The molecule has 0 spiro atoms. The molecule has 0 fully saturated rings. The van der Waals surface area contributed by atoms with Crippen LogP contribution in [0, 0.1) is 5.92 Å². The van der Waals surface area contributed by atoms with Gasteiger partial charge in [0.2, 0.25) is 0 Å².